The molecule has 2 rings (SSSR count). The predicted molar refractivity (Wildman–Crippen MR) is 86.9 cm³/mol. The van der Waals surface area contributed by atoms with E-state index in [9.17, 15) is 13.6 Å². The van der Waals surface area contributed by atoms with E-state index in [1.165, 1.54) is 6.08 Å². The summed E-state index contributed by atoms with van der Waals surface area (Å²) in [5, 5.41) is 0.531. The van der Waals surface area contributed by atoms with Gasteiger partial charge in [-0.1, -0.05) is 29.8 Å². The van der Waals surface area contributed by atoms with Gasteiger partial charge in [0.15, 0.2) is 0 Å². The molecule has 0 unspecified atom stereocenters. The highest BCUT2D eigenvalue weighted by Crippen LogP contribution is 2.37. The zero-order valence-corrected chi connectivity index (χ0v) is 14.4. The van der Waals surface area contributed by atoms with E-state index in [1.54, 1.807) is 45.9 Å². The average Bonchev–Trinajstić information content (AvgIpc) is 2.39. The number of nitrogens with zero attached hydrogens (tertiary/aromatic N) is 1. The van der Waals surface area contributed by atoms with Crippen LogP contribution in [0.15, 0.2) is 24.3 Å². The third kappa shape index (κ3) is 4.22. The van der Waals surface area contributed by atoms with E-state index in [1.807, 2.05) is 0 Å². The molecule has 1 amide bonds. The normalized spacial score (nSPS) is 17.7. The van der Waals surface area contributed by atoms with Gasteiger partial charge in [0.1, 0.15) is 5.60 Å². The molecule has 0 saturated heterocycles. The summed E-state index contributed by atoms with van der Waals surface area (Å²) in [4.78, 5) is 13.0. The number of carbonyl (C=O) groups is 1. The summed E-state index contributed by atoms with van der Waals surface area (Å²) < 4.78 is 34.1. The molecule has 3 nitrogen and oxygen atoms in total. The summed E-state index contributed by atoms with van der Waals surface area (Å²) >= 11 is 5.94. The summed E-state index contributed by atoms with van der Waals surface area (Å²) in [6.07, 6.45) is 0.635. The summed E-state index contributed by atoms with van der Waals surface area (Å²) in [6, 6.07) is 4.80. The van der Waals surface area contributed by atoms with Gasteiger partial charge < -0.3 is 4.74 Å². The average molecular weight is 344 g/mol. The number of amides is 1. The van der Waals surface area contributed by atoms with E-state index in [0.29, 0.717) is 10.6 Å². The maximum Gasteiger partial charge on any atom is 0.410 e. The van der Waals surface area contributed by atoms with Crippen molar-refractivity contribution in [2.45, 2.75) is 39.2 Å². The molecule has 126 valence electrons. The molecular weight excluding hydrogens is 324 g/mol. The van der Waals surface area contributed by atoms with Gasteiger partial charge in [0, 0.05) is 17.1 Å². The van der Waals surface area contributed by atoms with Crippen LogP contribution in [0.4, 0.5) is 13.6 Å². The van der Waals surface area contributed by atoms with Gasteiger partial charge in [0.2, 0.25) is 0 Å². The summed E-state index contributed by atoms with van der Waals surface area (Å²) in [5.74, 6) is -3.14. The minimum Gasteiger partial charge on any atom is -0.444 e. The van der Waals surface area contributed by atoms with E-state index in [-0.39, 0.29) is 12.1 Å². The van der Waals surface area contributed by atoms with Crippen LogP contribution in [0.25, 0.3) is 5.57 Å². The van der Waals surface area contributed by atoms with E-state index in [2.05, 4.69) is 0 Å². The number of hydrogen-bond donors (Lipinski definition) is 0. The largest absolute Gasteiger partial charge is 0.444 e. The lowest BCUT2D eigenvalue weighted by atomic mass is 9.95. The van der Waals surface area contributed by atoms with E-state index in [4.69, 9.17) is 16.3 Å². The fourth-order valence-corrected chi connectivity index (χ4v) is 2.46. The summed E-state index contributed by atoms with van der Waals surface area (Å²) in [7, 11) is 0. The fraction of sp³-hybridized carbons (Fsp3) is 0.471. The van der Waals surface area contributed by atoms with Crippen LogP contribution in [-0.4, -0.2) is 35.6 Å². The Labute approximate surface area is 139 Å². The molecule has 0 radical (unpaired) electrons. The van der Waals surface area contributed by atoms with Crippen molar-refractivity contribution in [3.63, 3.8) is 0 Å². The first-order valence-electron chi connectivity index (χ1n) is 7.32. The Morgan fingerprint density at radius 2 is 2.00 bits per heavy atom. The molecular formula is C17H20ClF2NO2. The molecule has 0 bridgehead atoms. The number of halogens is 3. The van der Waals surface area contributed by atoms with Gasteiger partial charge in [-0.25, -0.2) is 4.79 Å². The van der Waals surface area contributed by atoms with Crippen LogP contribution in [0.3, 0.4) is 0 Å². The second kappa shape index (κ2) is 6.11. The third-order valence-electron chi connectivity index (χ3n) is 3.42. The summed E-state index contributed by atoms with van der Waals surface area (Å²) in [5.41, 5.74) is 0.345. The molecule has 1 aliphatic heterocycles. The monoisotopic (exact) mass is 343 g/mol. The van der Waals surface area contributed by atoms with Crippen molar-refractivity contribution in [2.75, 3.05) is 13.1 Å². The molecule has 0 N–H and O–H groups in total. The molecule has 1 aromatic carbocycles. The smallest absolute Gasteiger partial charge is 0.410 e. The molecule has 0 fully saturated rings. The first-order chi connectivity index (χ1) is 10.5. The van der Waals surface area contributed by atoms with Crippen molar-refractivity contribution < 1.29 is 18.3 Å². The maximum absolute atomic E-state index is 14.5. The number of ether oxygens (including phenoxy) is 1. The summed E-state index contributed by atoms with van der Waals surface area (Å²) in [6.45, 7) is 6.25. The topological polar surface area (TPSA) is 29.5 Å². The molecule has 0 aliphatic carbocycles. The van der Waals surface area contributed by atoms with Crippen molar-refractivity contribution in [3.8, 4) is 0 Å². The van der Waals surface area contributed by atoms with Gasteiger partial charge >= 0.3 is 6.09 Å². The Bertz CT molecular complexity index is 650. The quantitative estimate of drug-likeness (QED) is 0.724. The zero-order valence-electron chi connectivity index (χ0n) is 13.6. The van der Waals surface area contributed by atoms with E-state index >= 15 is 0 Å². The van der Waals surface area contributed by atoms with Crippen molar-refractivity contribution >= 4 is 23.3 Å². The third-order valence-corrected chi connectivity index (χ3v) is 3.84. The van der Waals surface area contributed by atoms with Gasteiger partial charge in [0.25, 0.3) is 5.92 Å². The lowest BCUT2D eigenvalue weighted by Crippen LogP contribution is -2.46. The van der Waals surface area contributed by atoms with E-state index in [0.717, 1.165) is 10.5 Å². The Morgan fingerprint density at radius 3 is 2.52 bits per heavy atom. The number of alkyl halides is 2. The molecule has 23 heavy (non-hydrogen) atoms. The minimum absolute atomic E-state index is 0.0848. The van der Waals surface area contributed by atoms with Crippen LogP contribution in [-0.2, 0) is 4.74 Å². The van der Waals surface area contributed by atoms with Gasteiger partial charge in [0.05, 0.1) is 6.54 Å². The van der Waals surface area contributed by atoms with Crippen molar-refractivity contribution in [3.05, 3.63) is 40.4 Å². The molecule has 1 heterocycles. The van der Waals surface area contributed by atoms with Crippen LogP contribution >= 0.6 is 11.6 Å². The minimum atomic E-state index is -3.14. The Hall–Kier alpha value is -1.62. The molecule has 1 aromatic rings. The van der Waals surface area contributed by atoms with Gasteiger partial charge in [-0.05, 0) is 44.9 Å². The van der Waals surface area contributed by atoms with Gasteiger partial charge in [-0.3, -0.25) is 4.90 Å². The Balaban J connectivity index is 2.24. The Morgan fingerprint density at radius 1 is 1.35 bits per heavy atom. The van der Waals surface area contributed by atoms with Crippen molar-refractivity contribution in [1.29, 1.82) is 0 Å². The number of hydrogen-bond acceptors (Lipinski definition) is 2. The SMILES string of the molecule is Cc1cc(C2=CCN(C(=O)OC(C)(C)C)CC2(F)F)ccc1Cl. The number of aryl methyl sites for hydroxylation is 1. The van der Waals surface area contributed by atoms with Crippen molar-refractivity contribution in [2.24, 2.45) is 0 Å². The Kier molecular flexibility index (Phi) is 4.71. The first kappa shape index (κ1) is 17.7. The molecule has 1 aliphatic rings. The second-order valence-electron chi connectivity index (χ2n) is 6.65. The number of carbonyl (C=O) groups excluding carboxylic acids is 1. The van der Waals surface area contributed by atoms with Crippen molar-refractivity contribution in [1.82, 2.24) is 4.90 Å². The van der Waals surface area contributed by atoms with Gasteiger partial charge in [-0.15, -0.1) is 0 Å². The predicted octanol–water partition coefficient (Wildman–Crippen LogP) is 4.92. The van der Waals surface area contributed by atoms with Crippen LogP contribution in [0.5, 0.6) is 0 Å². The van der Waals surface area contributed by atoms with Crippen LogP contribution in [0.2, 0.25) is 5.02 Å². The highest BCUT2D eigenvalue weighted by Gasteiger charge is 2.42. The molecule has 0 aromatic heterocycles. The molecule has 0 spiro atoms. The van der Waals surface area contributed by atoms with Gasteiger partial charge in [-0.2, -0.15) is 8.78 Å². The van der Waals surface area contributed by atoms with Crippen LogP contribution in [0, 0.1) is 6.92 Å². The van der Waals surface area contributed by atoms with Crippen LogP contribution in [0.1, 0.15) is 31.9 Å². The standard InChI is InChI=1S/C17H20ClF2NO2/c1-11-9-12(5-6-14(11)18)13-7-8-21(10-17(13,19)20)15(22)23-16(2,3)4/h5-7,9H,8,10H2,1-4H3. The van der Waals surface area contributed by atoms with Crippen LogP contribution < -0.4 is 0 Å². The van der Waals surface area contributed by atoms with E-state index < -0.39 is 24.2 Å². The zero-order chi connectivity index (χ0) is 17.4. The first-order valence-corrected chi connectivity index (χ1v) is 7.70. The lowest BCUT2D eigenvalue weighted by Gasteiger charge is -2.34. The second-order valence-corrected chi connectivity index (χ2v) is 7.05. The molecule has 0 atom stereocenters. The molecule has 0 saturated carbocycles. The number of rotatable bonds is 1. The number of benzene rings is 1. The lowest BCUT2D eigenvalue weighted by molar-refractivity contribution is -0.0105. The maximum atomic E-state index is 14.5. The fourth-order valence-electron chi connectivity index (χ4n) is 2.35. The molecule has 6 heteroatoms. The highest BCUT2D eigenvalue weighted by molar-refractivity contribution is 6.31. The highest BCUT2D eigenvalue weighted by atomic mass is 35.5.